The number of hydrogen-bond acceptors (Lipinski definition) is 3. The van der Waals surface area contributed by atoms with Gasteiger partial charge in [0.15, 0.2) is 0 Å². The summed E-state index contributed by atoms with van der Waals surface area (Å²) in [5.41, 5.74) is 1.29. The lowest BCUT2D eigenvalue weighted by atomic mass is 10.1. The maximum Gasteiger partial charge on any atom is 0.0410 e. The highest BCUT2D eigenvalue weighted by atomic mass is 79.9. The largest absolute Gasteiger partial charge is 0.313 e. The van der Waals surface area contributed by atoms with Gasteiger partial charge in [-0.2, -0.15) is 11.8 Å². The first-order valence-corrected chi connectivity index (χ1v) is 8.65. The third-order valence-electron chi connectivity index (χ3n) is 2.64. The monoisotopic (exact) mass is 344 g/mol. The van der Waals surface area contributed by atoms with Crippen molar-refractivity contribution in [2.75, 3.05) is 12.3 Å². The predicted molar refractivity (Wildman–Crippen MR) is 89.9 cm³/mol. The zero-order chi connectivity index (χ0) is 14.3. The van der Waals surface area contributed by atoms with E-state index in [0.717, 1.165) is 23.2 Å². The van der Waals surface area contributed by atoms with Crippen LogP contribution in [-0.2, 0) is 6.42 Å². The number of rotatable bonds is 7. The topological polar surface area (TPSA) is 24.9 Å². The van der Waals surface area contributed by atoms with E-state index in [1.807, 2.05) is 24.2 Å². The van der Waals surface area contributed by atoms with Crippen LogP contribution in [0.3, 0.4) is 0 Å². The second-order valence-electron chi connectivity index (χ2n) is 5.79. The van der Waals surface area contributed by atoms with E-state index in [0.29, 0.717) is 10.8 Å². The number of pyridine rings is 1. The Labute approximate surface area is 130 Å². The van der Waals surface area contributed by atoms with E-state index in [-0.39, 0.29) is 0 Å². The maximum atomic E-state index is 4.24. The highest BCUT2D eigenvalue weighted by Crippen LogP contribution is 2.24. The molecule has 1 heterocycles. The van der Waals surface area contributed by atoms with Crippen LogP contribution in [0.5, 0.6) is 0 Å². The van der Waals surface area contributed by atoms with E-state index in [4.69, 9.17) is 0 Å². The summed E-state index contributed by atoms with van der Waals surface area (Å²) in [6.45, 7) is 10.1. The fraction of sp³-hybridized carbons (Fsp3) is 0.667. The molecule has 1 aromatic heterocycles. The van der Waals surface area contributed by atoms with Gasteiger partial charge in [0.1, 0.15) is 0 Å². The molecule has 1 unspecified atom stereocenters. The van der Waals surface area contributed by atoms with Gasteiger partial charge in [-0.15, -0.1) is 0 Å². The van der Waals surface area contributed by atoms with E-state index in [1.54, 1.807) is 0 Å². The van der Waals surface area contributed by atoms with Gasteiger partial charge in [-0.1, -0.05) is 27.7 Å². The second-order valence-corrected chi connectivity index (χ2v) is 8.55. The van der Waals surface area contributed by atoms with Crippen LogP contribution < -0.4 is 5.32 Å². The lowest BCUT2D eigenvalue weighted by molar-refractivity contribution is 0.548. The van der Waals surface area contributed by atoms with Crippen LogP contribution in [-0.4, -0.2) is 28.1 Å². The number of halogens is 1. The highest BCUT2D eigenvalue weighted by Gasteiger charge is 2.16. The molecule has 0 aliphatic heterocycles. The molecule has 0 amide bonds. The number of hydrogen-bond donors (Lipinski definition) is 1. The zero-order valence-electron chi connectivity index (χ0n) is 12.4. The van der Waals surface area contributed by atoms with Crippen LogP contribution in [0, 0.1) is 0 Å². The Hall–Kier alpha value is -0.0600. The van der Waals surface area contributed by atoms with Gasteiger partial charge in [0.25, 0.3) is 0 Å². The van der Waals surface area contributed by atoms with E-state index >= 15 is 0 Å². The summed E-state index contributed by atoms with van der Waals surface area (Å²) >= 11 is 5.51. The summed E-state index contributed by atoms with van der Waals surface area (Å²) in [7, 11) is 0. The Morgan fingerprint density at radius 2 is 2.11 bits per heavy atom. The fourth-order valence-electron chi connectivity index (χ4n) is 1.74. The average molecular weight is 345 g/mol. The number of aromatic nitrogens is 1. The molecule has 1 rings (SSSR count). The van der Waals surface area contributed by atoms with Gasteiger partial charge in [-0.3, -0.25) is 4.98 Å². The van der Waals surface area contributed by atoms with Crippen molar-refractivity contribution in [2.45, 2.75) is 51.3 Å². The molecule has 0 radical (unpaired) electrons. The van der Waals surface area contributed by atoms with Crippen molar-refractivity contribution in [1.82, 2.24) is 10.3 Å². The zero-order valence-corrected chi connectivity index (χ0v) is 14.8. The van der Waals surface area contributed by atoms with Crippen LogP contribution in [0.4, 0.5) is 0 Å². The van der Waals surface area contributed by atoms with Gasteiger partial charge in [0.2, 0.25) is 0 Å². The molecule has 0 bridgehead atoms. The predicted octanol–water partition coefficient (Wildman–Crippen LogP) is 4.29. The SMILES string of the molecule is CCCNC(CSC(C)(C)C)Cc1cncc(Br)c1. The van der Waals surface area contributed by atoms with E-state index in [2.05, 4.69) is 60.0 Å². The van der Waals surface area contributed by atoms with Gasteiger partial charge in [0, 0.05) is 33.4 Å². The second kappa shape index (κ2) is 8.28. The lowest BCUT2D eigenvalue weighted by Gasteiger charge is -2.24. The molecular formula is C15H25BrN2S. The summed E-state index contributed by atoms with van der Waals surface area (Å²) < 4.78 is 1.38. The molecule has 0 fully saturated rings. The minimum atomic E-state index is 0.321. The molecule has 2 nitrogen and oxygen atoms in total. The third kappa shape index (κ3) is 7.95. The Morgan fingerprint density at radius 3 is 2.68 bits per heavy atom. The Balaban J connectivity index is 2.58. The van der Waals surface area contributed by atoms with Crippen LogP contribution in [0.25, 0.3) is 0 Å². The van der Waals surface area contributed by atoms with Crippen molar-refractivity contribution in [1.29, 1.82) is 0 Å². The van der Waals surface area contributed by atoms with Gasteiger partial charge < -0.3 is 5.32 Å². The smallest absolute Gasteiger partial charge is 0.0410 e. The molecule has 0 saturated carbocycles. The number of nitrogens with one attached hydrogen (secondary N) is 1. The Bertz CT molecular complexity index is 377. The fourth-order valence-corrected chi connectivity index (χ4v) is 3.09. The number of thioether (sulfide) groups is 1. The van der Waals surface area contributed by atoms with Crippen molar-refractivity contribution < 1.29 is 0 Å². The van der Waals surface area contributed by atoms with Crippen LogP contribution in [0.15, 0.2) is 22.9 Å². The molecule has 19 heavy (non-hydrogen) atoms. The first kappa shape index (κ1) is 17.0. The molecule has 0 spiro atoms. The maximum absolute atomic E-state index is 4.24. The average Bonchev–Trinajstić information content (AvgIpc) is 2.31. The van der Waals surface area contributed by atoms with Crippen molar-refractivity contribution in [2.24, 2.45) is 0 Å². The summed E-state index contributed by atoms with van der Waals surface area (Å²) in [6, 6.07) is 2.68. The van der Waals surface area contributed by atoms with Crippen molar-refractivity contribution in [3.05, 3.63) is 28.5 Å². The van der Waals surface area contributed by atoms with Gasteiger partial charge >= 0.3 is 0 Å². The van der Waals surface area contributed by atoms with Gasteiger partial charge in [-0.25, -0.2) is 0 Å². The molecule has 0 aliphatic carbocycles. The third-order valence-corrected chi connectivity index (χ3v) is 4.51. The molecule has 4 heteroatoms. The Morgan fingerprint density at radius 1 is 1.37 bits per heavy atom. The van der Waals surface area contributed by atoms with E-state index < -0.39 is 0 Å². The van der Waals surface area contributed by atoms with Crippen molar-refractivity contribution in [3.8, 4) is 0 Å². The molecular weight excluding hydrogens is 320 g/mol. The minimum Gasteiger partial charge on any atom is -0.313 e. The van der Waals surface area contributed by atoms with Gasteiger partial charge in [-0.05, 0) is 46.9 Å². The molecule has 1 atom stereocenters. The van der Waals surface area contributed by atoms with E-state index in [1.165, 1.54) is 12.0 Å². The van der Waals surface area contributed by atoms with Gasteiger partial charge in [0.05, 0.1) is 0 Å². The van der Waals surface area contributed by atoms with Crippen LogP contribution in [0.1, 0.15) is 39.7 Å². The van der Waals surface area contributed by atoms with Crippen LogP contribution >= 0.6 is 27.7 Å². The summed E-state index contributed by atoms with van der Waals surface area (Å²) in [6.07, 6.45) is 6.01. The first-order valence-electron chi connectivity index (χ1n) is 6.87. The standard InChI is InChI=1S/C15H25BrN2S/c1-5-6-18-14(11-19-15(2,3)4)8-12-7-13(16)10-17-9-12/h7,9-10,14,18H,5-6,8,11H2,1-4H3. The normalized spacial score (nSPS) is 13.5. The lowest BCUT2D eigenvalue weighted by Crippen LogP contribution is -2.35. The summed E-state index contributed by atoms with van der Waals surface area (Å²) in [5.74, 6) is 1.13. The minimum absolute atomic E-state index is 0.321. The molecule has 108 valence electrons. The van der Waals surface area contributed by atoms with E-state index in [9.17, 15) is 0 Å². The van der Waals surface area contributed by atoms with Crippen LogP contribution in [0.2, 0.25) is 0 Å². The quantitative estimate of drug-likeness (QED) is 0.798. The number of nitrogens with zero attached hydrogens (tertiary/aromatic N) is 1. The summed E-state index contributed by atoms with van der Waals surface area (Å²) in [4.78, 5) is 4.24. The highest BCUT2D eigenvalue weighted by molar-refractivity contribution is 9.10. The van der Waals surface area contributed by atoms with Crippen molar-refractivity contribution in [3.63, 3.8) is 0 Å². The molecule has 1 N–H and O–H groups in total. The molecule has 0 saturated heterocycles. The molecule has 0 aromatic carbocycles. The molecule has 0 aliphatic rings. The first-order chi connectivity index (χ1) is 8.90. The van der Waals surface area contributed by atoms with Crippen molar-refractivity contribution >= 4 is 27.7 Å². The summed E-state index contributed by atoms with van der Waals surface area (Å²) in [5, 5.41) is 3.65. The molecule has 1 aromatic rings. The Kier molecular flexibility index (Phi) is 7.40.